The molecule has 3 aromatic carbocycles. The normalized spacial score (nSPS) is 24.9. The topological polar surface area (TPSA) is 75.7 Å². The largest absolute Gasteiger partial charge is 0.497 e. The van der Waals surface area contributed by atoms with Gasteiger partial charge in [0.1, 0.15) is 17.2 Å². The minimum absolute atomic E-state index is 0.0730. The van der Waals surface area contributed by atoms with Crippen LogP contribution in [0.3, 0.4) is 0 Å². The molecule has 3 aromatic rings. The van der Waals surface area contributed by atoms with Crippen molar-refractivity contribution in [1.29, 1.82) is 0 Å². The molecule has 0 aromatic heterocycles. The molecule has 6 nitrogen and oxygen atoms in total. The highest BCUT2D eigenvalue weighted by molar-refractivity contribution is 6.17. The smallest absolute Gasteiger partial charge is 0.238 e. The van der Waals surface area contributed by atoms with Crippen LogP contribution in [-0.4, -0.2) is 36.7 Å². The zero-order chi connectivity index (χ0) is 27.7. The van der Waals surface area contributed by atoms with E-state index in [0.29, 0.717) is 17.0 Å². The monoisotopic (exact) mass is 520 g/mol. The van der Waals surface area contributed by atoms with Crippen molar-refractivity contribution in [3.8, 4) is 5.75 Å². The number of hydrogen-bond donors (Lipinski definition) is 1. The van der Waals surface area contributed by atoms with Crippen LogP contribution >= 0.6 is 0 Å². The summed E-state index contributed by atoms with van der Waals surface area (Å²) in [6.07, 6.45) is 2.08. The summed E-state index contributed by atoms with van der Waals surface area (Å²) in [6, 6.07) is 21.0. The Morgan fingerprint density at radius 1 is 0.949 bits per heavy atom. The number of Topliss-reactive ketones (excluding diaryl/α,β-unsaturated/α-hetero) is 2. The molecule has 6 rings (SSSR count). The van der Waals surface area contributed by atoms with Crippen LogP contribution < -0.4 is 15.0 Å². The lowest BCUT2D eigenvalue weighted by molar-refractivity contribution is -0.128. The standard InChI is InChI=1S/C33H32N2O4/c1-19-18-26-33(23-11-7-8-12-24(23)34-31(33)38)27(29(36)20-14-16-21(39-5)17-15-20)28(30(37)32(2,3)4)35(26)25-13-9-6-10-22(19)25/h6-18,26-28H,1-5H3,(H,34,38)/t26-,27+,28-,33-/m1/s1. The first-order chi connectivity index (χ1) is 18.6. The van der Waals surface area contributed by atoms with E-state index in [9.17, 15) is 14.4 Å². The number of rotatable bonds is 4. The number of carbonyl (C=O) groups is 3. The number of allylic oxidation sites excluding steroid dienone is 1. The van der Waals surface area contributed by atoms with Crippen LogP contribution in [0.15, 0.2) is 78.9 Å². The van der Waals surface area contributed by atoms with Crippen molar-refractivity contribution < 1.29 is 19.1 Å². The van der Waals surface area contributed by atoms with Crippen LogP contribution in [0.4, 0.5) is 11.4 Å². The zero-order valence-corrected chi connectivity index (χ0v) is 22.8. The van der Waals surface area contributed by atoms with Crippen molar-refractivity contribution in [2.45, 2.75) is 45.2 Å². The van der Waals surface area contributed by atoms with Gasteiger partial charge in [-0.1, -0.05) is 63.2 Å². The Bertz CT molecular complexity index is 1550. The minimum Gasteiger partial charge on any atom is -0.497 e. The van der Waals surface area contributed by atoms with Crippen molar-refractivity contribution in [2.24, 2.45) is 11.3 Å². The number of anilines is 2. The number of nitrogens with one attached hydrogen (secondary N) is 1. The molecule has 1 fully saturated rings. The van der Waals surface area contributed by atoms with Crippen LogP contribution in [0.2, 0.25) is 0 Å². The Balaban J connectivity index is 1.68. The van der Waals surface area contributed by atoms with Crippen molar-refractivity contribution in [2.75, 3.05) is 17.3 Å². The number of amides is 1. The summed E-state index contributed by atoms with van der Waals surface area (Å²) in [5.41, 5.74) is 2.72. The van der Waals surface area contributed by atoms with E-state index in [-0.39, 0.29) is 17.5 Å². The maximum Gasteiger partial charge on any atom is 0.238 e. The molecular formula is C33H32N2O4. The van der Waals surface area contributed by atoms with E-state index in [4.69, 9.17) is 4.74 Å². The van der Waals surface area contributed by atoms with E-state index >= 15 is 0 Å². The van der Waals surface area contributed by atoms with E-state index in [0.717, 1.165) is 22.4 Å². The second-order valence-electron chi connectivity index (χ2n) is 11.7. The van der Waals surface area contributed by atoms with Gasteiger partial charge >= 0.3 is 0 Å². The number of hydrogen-bond acceptors (Lipinski definition) is 5. The Morgan fingerprint density at radius 2 is 1.62 bits per heavy atom. The Kier molecular flexibility index (Phi) is 5.58. The lowest BCUT2D eigenvalue weighted by Crippen LogP contribution is -2.51. The molecule has 0 radical (unpaired) electrons. The van der Waals surface area contributed by atoms with Crippen LogP contribution in [0.25, 0.3) is 5.57 Å². The molecular weight excluding hydrogens is 488 g/mol. The van der Waals surface area contributed by atoms with Crippen molar-refractivity contribution in [3.63, 3.8) is 0 Å². The molecule has 6 heteroatoms. The molecule has 1 N–H and O–H groups in total. The average Bonchev–Trinajstić information content (AvgIpc) is 3.40. The molecule has 0 bridgehead atoms. The van der Waals surface area contributed by atoms with Crippen molar-refractivity contribution in [3.05, 3.63) is 95.6 Å². The summed E-state index contributed by atoms with van der Waals surface area (Å²) < 4.78 is 5.32. The summed E-state index contributed by atoms with van der Waals surface area (Å²) in [5, 5.41) is 3.08. The van der Waals surface area contributed by atoms with Crippen LogP contribution in [-0.2, 0) is 15.0 Å². The van der Waals surface area contributed by atoms with Gasteiger partial charge in [0, 0.05) is 27.9 Å². The van der Waals surface area contributed by atoms with Crippen molar-refractivity contribution >= 4 is 34.4 Å². The third kappa shape index (κ3) is 3.43. The molecule has 3 heterocycles. The molecule has 198 valence electrons. The van der Waals surface area contributed by atoms with E-state index < -0.39 is 28.8 Å². The first kappa shape index (κ1) is 25.1. The van der Waals surface area contributed by atoms with Crippen molar-refractivity contribution in [1.82, 2.24) is 0 Å². The fourth-order valence-electron chi connectivity index (χ4n) is 6.77. The second kappa shape index (κ2) is 8.67. The van der Waals surface area contributed by atoms with E-state index in [1.807, 2.05) is 76.2 Å². The number of fused-ring (bicyclic) bond motifs is 6. The van der Waals surface area contributed by atoms with Gasteiger partial charge in [-0.15, -0.1) is 0 Å². The van der Waals surface area contributed by atoms with Crippen LogP contribution in [0.5, 0.6) is 5.75 Å². The van der Waals surface area contributed by atoms with Gasteiger partial charge in [0.15, 0.2) is 11.6 Å². The summed E-state index contributed by atoms with van der Waals surface area (Å²) in [4.78, 5) is 45.6. The SMILES string of the molecule is COc1ccc(C(=O)[C@@H]2[C@H](C(=O)C(C)(C)C)N3c4ccccc4C(C)=C[C@@H]3[C@@]23C(=O)Nc2ccccc23)cc1. The van der Waals surface area contributed by atoms with E-state index in [1.54, 1.807) is 31.4 Å². The number of ketones is 2. The van der Waals surface area contributed by atoms with E-state index in [1.165, 1.54) is 0 Å². The Hall–Kier alpha value is -4.19. The van der Waals surface area contributed by atoms with Gasteiger partial charge in [-0.25, -0.2) is 0 Å². The fourth-order valence-corrected chi connectivity index (χ4v) is 6.77. The third-order valence-electron chi connectivity index (χ3n) is 8.55. The number of para-hydroxylation sites is 2. The molecule has 39 heavy (non-hydrogen) atoms. The van der Waals surface area contributed by atoms with Gasteiger partial charge in [0.2, 0.25) is 5.91 Å². The van der Waals surface area contributed by atoms with Crippen LogP contribution in [0, 0.1) is 11.3 Å². The van der Waals surface area contributed by atoms with Gasteiger partial charge in [0.25, 0.3) is 0 Å². The number of benzene rings is 3. The van der Waals surface area contributed by atoms with Gasteiger partial charge in [-0.2, -0.15) is 0 Å². The predicted molar refractivity (Wildman–Crippen MR) is 152 cm³/mol. The highest BCUT2D eigenvalue weighted by Crippen LogP contribution is 2.59. The highest BCUT2D eigenvalue weighted by Gasteiger charge is 2.71. The summed E-state index contributed by atoms with van der Waals surface area (Å²) in [5.74, 6) is -0.884. The maximum absolute atomic E-state index is 14.7. The lowest BCUT2D eigenvalue weighted by atomic mass is 9.63. The molecule has 3 aliphatic rings. The van der Waals surface area contributed by atoms with Crippen LogP contribution in [0.1, 0.15) is 49.2 Å². The van der Waals surface area contributed by atoms with Gasteiger partial charge < -0.3 is 15.0 Å². The minimum atomic E-state index is -1.30. The summed E-state index contributed by atoms with van der Waals surface area (Å²) in [6.45, 7) is 7.67. The molecule has 1 spiro atoms. The van der Waals surface area contributed by atoms with Gasteiger partial charge in [-0.05, 0) is 54.5 Å². The van der Waals surface area contributed by atoms with Gasteiger partial charge in [0.05, 0.1) is 19.1 Å². The molecule has 0 aliphatic carbocycles. The van der Waals surface area contributed by atoms with Gasteiger partial charge in [-0.3, -0.25) is 14.4 Å². The summed E-state index contributed by atoms with van der Waals surface area (Å²) >= 11 is 0. The fraction of sp³-hybridized carbons (Fsp3) is 0.303. The molecule has 4 atom stereocenters. The molecule has 0 saturated carbocycles. The number of carbonyl (C=O) groups excluding carboxylic acids is 3. The number of nitrogens with zero attached hydrogens (tertiary/aromatic N) is 1. The number of methoxy groups -OCH3 is 1. The zero-order valence-electron chi connectivity index (χ0n) is 22.8. The first-order valence-corrected chi connectivity index (χ1v) is 13.3. The Labute approximate surface area is 228 Å². The Morgan fingerprint density at radius 3 is 2.31 bits per heavy atom. The molecule has 1 amide bonds. The molecule has 3 aliphatic heterocycles. The summed E-state index contributed by atoms with van der Waals surface area (Å²) in [7, 11) is 1.57. The predicted octanol–water partition coefficient (Wildman–Crippen LogP) is 5.67. The average molecular weight is 521 g/mol. The first-order valence-electron chi connectivity index (χ1n) is 13.3. The highest BCUT2D eigenvalue weighted by atomic mass is 16.5. The van der Waals surface area contributed by atoms with E-state index in [2.05, 4.69) is 16.3 Å². The number of ether oxygens (including phenoxy) is 1. The second-order valence-corrected chi connectivity index (χ2v) is 11.7. The molecule has 0 unspecified atom stereocenters. The quantitative estimate of drug-likeness (QED) is 0.449. The third-order valence-corrected chi connectivity index (χ3v) is 8.55. The molecule has 1 saturated heterocycles. The maximum atomic E-state index is 14.7. The lowest BCUT2D eigenvalue weighted by Gasteiger charge is -2.39.